The van der Waals surface area contributed by atoms with Crippen LogP contribution in [0, 0.1) is 5.41 Å². The van der Waals surface area contributed by atoms with E-state index in [0.29, 0.717) is 11.5 Å². The number of ether oxygens (including phenoxy) is 1. The van der Waals surface area contributed by atoms with Gasteiger partial charge in [0.2, 0.25) is 0 Å². The highest BCUT2D eigenvalue weighted by atomic mass is 16.5. The molecule has 0 aromatic carbocycles. The second-order valence-electron chi connectivity index (χ2n) is 3.56. The van der Waals surface area contributed by atoms with Crippen molar-refractivity contribution in [3.05, 3.63) is 0 Å². The Morgan fingerprint density at radius 1 is 1.40 bits per heavy atom. The van der Waals surface area contributed by atoms with Crippen LogP contribution in [-0.4, -0.2) is 19.3 Å². The Morgan fingerprint density at radius 2 is 1.90 bits per heavy atom. The Kier molecular flexibility index (Phi) is 2.32. The fourth-order valence-electron chi connectivity index (χ4n) is 1.29. The van der Waals surface area contributed by atoms with Crippen molar-refractivity contribution in [3.8, 4) is 0 Å². The summed E-state index contributed by atoms with van der Waals surface area (Å²) in [4.78, 5) is 0. The first kappa shape index (κ1) is 8.02. The molecular weight excluding hydrogens is 126 g/mol. The van der Waals surface area contributed by atoms with Crippen LogP contribution in [0.15, 0.2) is 0 Å². The quantitative estimate of drug-likeness (QED) is 0.597. The zero-order chi connectivity index (χ0) is 7.61. The molecule has 2 heteroatoms. The van der Waals surface area contributed by atoms with Gasteiger partial charge in [-0.15, -0.1) is 0 Å². The van der Waals surface area contributed by atoms with E-state index in [1.165, 1.54) is 0 Å². The molecule has 2 nitrogen and oxygen atoms in total. The molecule has 1 heterocycles. The molecular formula is C8H17NO. The molecule has 0 unspecified atom stereocenters. The monoisotopic (exact) mass is 143 g/mol. The highest BCUT2D eigenvalue weighted by Crippen LogP contribution is 2.31. The summed E-state index contributed by atoms with van der Waals surface area (Å²) in [6, 6.07) is 0.302. The average molecular weight is 143 g/mol. The van der Waals surface area contributed by atoms with E-state index in [9.17, 15) is 0 Å². The summed E-state index contributed by atoms with van der Waals surface area (Å²) in [5.41, 5.74) is 6.18. The van der Waals surface area contributed by atoms with E-state index in [2.05, 4.69) is 13.8 Å². The van der Waals surface area contributed by atoms with Gasteiger partial charge in [-0.2, -0.15) is 0 Å². The molecule has 1 aliphatic heterocycles. The Labute approximate surface area is 62.7 Å². The molecule has 0 amide bonds. The normalized spacial score (nSPS) is 27.9. The van der Waals surface area contributed by atoms with Crippen molar-refractivity contribution in [3.63, 3.8) is 0 Å². The van der Waals surface area contributed by atoms with Gasteiger partial charge < -0.3 is 10.5 Å². The first-order valence-corrected chi connectivity index (χ1v) is 3.98. The molecule has 1 rings (SSSR count). The predicted molar refractivity (Wildman–Crippen MR) is 41.8 cm³/mol. The van der Waals surface area contributed by atoms with Gasteiger partial charge in [-0.1, -0.05) is 6.92 Å². The van der Waals surface area contributed by atoms with E-state index in [-0.39, 0.29) is 0 Å². The zero-order valence-electron chi connectivity index (χ0n) is 6.89. The SMILES string of the molecule is C[C@@H](N)C1(C)CCOCC1. The minimum absolute atomic E-state index is 0.302. The summed E-state index contributed by atoms with van der Waals surface area (Å²) in [6.45, 7) is 6.11. The van der Waals surface area contributed by atoms with Gasteiger partial charge in [-0.3, -0.25) is 0 Å². The van der Waals surface area contributed by atoms with Crippen molar-refractivity contribution >= 4 is 0 Å². The van der Waals surface area contributed by atoms with Crippen molar-refractivity contribution < 1.29 is 4.74 Å². The lowest BCUT2D eigenvalue weighted by molar-refractivity contribution is 0.0139. The van der Waals surface area contributed by atoms with Gasteiger partial charge in [0.15, 0.2) is 0 Å². The maximum Gasteiger partial charge on any atom is 0.0471 e. The zero-order valence-corrected chi connectivity index (χ0v) is 6.89. The van der Waals surface area contributed by atoms with Crippen LogP contribution in [-0.2, 0) is 4.74 Å². The van der Waals surface area contributed by atoms with Gasteiger partial charge in [0.1, 0.15) is 0 Å². The number of nitrogens with two attached hydrogens (primary N) is 1. The lowest BCUT2D eigenvalue weighted by atomic mass is 9.77. The van der Waals surface area contributed by atoms with Crippen molar-refractivity contribution in [1.82, 2.24) is 0 Å². The summed E-state index contributed by atoms with van der Waals surface area (Å²) < 4.78 is 5.26. The van der Waals surface area contributed by atoms with Crippen LogP contribution in [0.1, 0.15) is 26.7 Å². The fourth-order valence-corrected chi connectivity index (χ4v) is 1.29. The average Bonchev–Trinajstić information content (AvgIpc) is 1.89. The van der Waals surface area contributed by atoms with Crippen molar-refractivity contribution in [2.75, 3.05) is 13.2 Å². The minimum Gasteiger partial charge on any atom is -0.381 e. The second kappa shape index (κ2) is 2.89. The predicted octanol–water partition coefficient (Wildman–Crippen LogP) is 1.15. The van der Waals surface area contributed by atoms with Crippen LogP contribution in [0.25, 0.3) is 0 Å². The molecule has 1 fully saturated rings. The van der Waals surface area contributed by atoms with Crippen LogP contribution in [0.3, 0.4) is 0 Å². The number of rotatable bonds is 1. The van der Waals surface area contributed by atoms with Crippen molar-refractivity contribution in [1.29, 1.82) is 0 Å². The second-order valence-corrected chi connectivity index (χ2v) is 3.56. The van der Waals surface area contributed by atoms with E-state index in [0.717, 1.165) is 26.1 Å². The largest absolute Gasteiger partial charge is 0.381 e. The minimum atomic E-state index is 0.302. The molecule has 0 aromatic heterocycles. The number of hydrogen-bond acceptors (Lipinski definition) is 2. The third-order valence-electron chi connectivity index (χ3n) is 2.73. The molecule has 0 aliphatic carbocycles. The molecule has 1 atom stereocenters. The highest BCUT2D eigenvalue weighted by molar-refractivity contribution is 4.84. The third-order valence-corrected chi connectivity index (χ3v) is 2.73. The maximum atomic E-state index is 5.85. The van der Waals surface area contributed by atoms with E-state index >= 15 is 0 Å². The van der Waals surface area contributed by atoms with E-state index in [1.54, 1.807) is 0 Å². The Morgan fingerprint density at radius 3 is 2.20 bits per heavy atom. The van der Waals surface area contributed by atoms with Gasteiger partial charge in [-0.25, -0.2) is 0 Å². The van der Waals surface area contributed by atoms with Crippen LogP contribution in [0.2, 0.25) is 0 Å². The molecule has 0 radical (unpaired) electrons. The van der Waals surface area contributed by atoms with E-state index in [1.807, 2.05) is 0 Å². The van der Waals surface area contributed by atoms with Crippen molar-refractivity contribution in [2.45, 2.75) is 32.7 Å². The summed E-state index contributed by atoms with van der Waals surface area (Å²) in [7, 11) is 0. The standard InChI is InChI=1S/C8H17NO/c1-7(9)8(2)3-5-10-6-4-8/h7H,3-6,9H2,1-2H3/t7-/m1/s1. The highest BCUT2D eigenvalue weighted by Gasteiger charge is 2.30. The van der Waals surface area contributed by atoms with Gasteiger partial charge in [-0.05, 0) is 25.2 Å². The summed E-state index contributed by atoms with van der Waals surface area (Å²) in [5, 5.41) is 0. The smallest absolute Gasteiger partial charge is 0.0471 e. The number of hydrogen-bond donors (Lipinski definition) is 1. The molecule has 2 N–H and O–H groups in total. The lowest BCUT2D eigenvalue weighted by Gasteiger charge is -2.36. The molecule has 1 saturated heterocycles. The first-order valence-electron chi connectivity index (χ1n) is 3.98. The van der Waals surface area contributed by atoms with Crippen LogP contribution in [0.4, 0.5) is 0 Å². The summed E-state index contributed by atoms with van der Waals surface area (Å²) >= 11 is 0. The summed E-state index contributed by atoms with van der Waals surface area (Å²) in [6.07, 6.45) is 2.23. The van der Waals surface area contributed by atoms with Crippen LogP contribution < -0.4 is 5.73 Å². The third kappa shape index (κ3) is 1.50. The van der Waals surface area contributed by atoms with Gasteiger partial charge >= 0.3 is 0 Å². The molecule has 1 aliphatic rings. The first-order chi connectivity index (χ1) is 4.65. The molecule has 0 bridgehead atoms. The topological polar surface area (TPSA) is 35.2 Å². The molecule has 60 valence electrons. The molecule has 0 spiro atoms. The van der Waals surface area contributed by atoms with Crippen LogP contribution >= 0.6 is 0 Å². The Hall–Kier alpha value is -0.0800. The Bertz CT molecular complexity index is 106. The lowest BCUT2D eigenvalue weighted by Crippen LogP contribution is -2.41. The molecule has 10 heavy (non-hydrogen) atoms. The van der Waals surface area contributed by atoms with E-state index < -0.39 is 0 Å². The maximum absolute atomic E-state index is 5.85. The summed E-state index contributed by atoms with van der Waals surface area (Å²) in [5.74, 6) is 0. The van der Waals surface area contributed by atoms with Gasteiger partial charge in [0, 0.05) is 19.3 Å². The van der Waals surface area contributed by atoms with Gasteiger partial charge in [0.05, 0.1) is 0 Å². The van der Waals surface area contributed by atoms with Gasteiger partial charge in [0.25, 0.3) is 0 Å². The van der Waals surface area contributed by atoms with Crippen LogP contribution in [0.5, 0.6) is 0 Å². The van der Waals surface area contributed by atoms with Crippen molar-refractivity contribution in [2.24, 2.45) is 11.1 Å². The molecule has 0 saturated carbocycles. The Balaban J connectivity index is 2.48. The molecule has 0 aromatic rings. The van der Waals surface area contributed by atoms with E-state index in [4.69, 9.17) is 10.5 Å². The fraction of sp³-hybridized carbons (Fsp3) is 1.00.